The van der Waals surface area contributed by atoms with Crippen LogP contribution in [0.4, 0.5) is 5.95 Å². The zero-order valence-electron chi connectivity index (χ0n) is 11.2. The fraction of sp³-hybridized carbons (Fsp3) is 0.308. The SMILES string of the molecule is CCOC(=O)C1=C(C)n2ncnc2NC1c1cccs1. The van der Waals surface area contributed by atoms with E-state index >= 15 is 0 Å². The summed E-state index contributed by atoms with van der Waals surface area (Å²) in [6.45, 7) is 3.99. The predicted octanol–water partition coefficient (Wildman–Crippen LogP) is 2.30. The summed E-state index contributed by atoms with van der Waals surface area (Å²) in [4.78, 5) is 17.5. The third kappa shape index (κ3) is 2.00. The quantitative estimate of drug-likeness (QED) is 0.878. The molecule has 0 spiro atoms. The fourth-order valence-electron chi connectivity index (χ4n) is 2.25. The van der Waals surface area contributed by atoms with Crippen LogP contribution in [0.5, 0.6) is 0 Å². The summed E-state index contributed by atoms with van der Waals surface area (Å²) in [6.07, 6.45) is 1.46. The Morgan fingerprint density at radius 3 is 3.15 bits per heavy atom. The Hall–Kier alpha value is -2.15. The molecule has 1 aliphatic rings. The number of carbonyl (C=O) groups excluding carboxylic acids is 1. The third-order valence-electron chi connectivity index (χ3n) is 3.14. The minimum absolute atomic E-state index is 0.245. The summed E-state index contributed by atoms with van der Waals surface area (Å²) in [5.41, 5.74) is 1.32. The van der Waals surface area contributed by atoms with Crippen molar-refractivity contribution < 1.29 is 9.53 Å². The molecular formula is C13H14N4O2S. The number of nitrogens with one attached hydrogen (secondary N) is 1. The van der Waals surface area contributed by atoms with Gasteiger partial charge in [-0.15, -0.1) is 11.3 Å². The van der Waals surface area contributed by atoms with Crippen molar-refractivity contribution in [2.45, 2.75) is 19.9 Å². The number of esters is 1. The molecule has 0 amide bonds. The van der Waals surface area contributed by atoms with Crippen LogP contribution < -0.4 is 5.32 Å². The summed E-state index contributed by atoms with van der Waals surface area (Å²) < 4.78 is 6.80. The number of carbonyl (C=O) groups is 1. The summed E-state index contributed by atoms with van der Waals surface area (Å²) in [6, 6.07) is 3.70. The van der Waals surface area contributed by atoms with Gasteiger partial charge in [0.1, 0.15) is 6.33 Å². The highest BCUT2D eigenvalue weighted by Crippen LogP contribution is 2.36. The fourth-order valence-corrected chi connectivity index (χ4v) is 3.04. The Labute approximate surface area is 120 Å². The summed E-state index contributed by atoms with van der Waals surface area (Å²) >= 11 is 1.59. The average Bonchev–Trinajstić information content (AvgIpc) is 3.09. The average molecular weight is 290 g/mol. The first kappa shape index (κ1) is 12.9. The smallest absolute Gasteiger partial charge is 0.338 e. The molecule has 1 aliphatic heterocycles. The minimum Gasteiger partial charge on any atom is -0.463 e. The second kappa shape index (κ2) is 5.09. The molecule has 2 aromatic rings. The number of aromatic nitrogens is 3. The van der Waals surface area contributed by atoms with Crippen molar-refractivity contribution in [1.82, 2.24) is 14.8 Å². The molecule has 6 nitrogen and oxygen atoms in total. The third-order valence-corrected chi connectivity index (χ3v) is 4.08. The zero-order chi connectivity index (χ0) is 14.1. The molecule has 0 aromatic carbocycles. The maximum atomic E-state index is 12.3. The normalized spacial score (nSPS) is 17.6. The number of fused-ring (bicyclic) bond motifs is 1. The van der Waals surface area contributed by atoms with Crippen LogP contribution in [0.1, 0.15) is 24.8 Å². The Morgan fingerprint density at radius 2 is 2.45 bits per heavy atom. The molecular weight excluding hydrogens is 276 g/mol. The monoisotopic (exact) mass is 290 g/mol. The number of hydrogen-bond acceptors (Lipinski definition) is 6. The highest BCUT2D eigenvalue weighted by atomic mass is 32.1. The molecule has 2 aromatic heterocycles. The van der Waals surface area contributed by atoms with Gasteiger partial charge < -0.3 is 10.1 Å². The van der Waals surface area contributed by atoms with Crippen molar-refractivity contribution in [3.05, 3.63) is 34.3 Å². The van der Waals surface area contributed by atoms with E-state index in [2.05, 4.69) is 15.4 Å². The number of anilines is 1. The summed E-state index contributed by atoms with van der Waals surface area (Å²) in [5.74, 6) is 0.311. The van der Waals surface area contributed by atoms with Crippen LogP contribution in [0, 0.1) is 0 Å². The molecule has 7 heteroatoms. The highest BCUT2D eigenvalue weighted by Gasteiger charge is 2.33. The van der Waals surface area contributed by atoms with E-state index in [1.807, 2.05) is 24.4 Å². The van der Waals surface area contributed by atoms with Crippen molar-refractivity contribution in [2.24, 2.45) is 0 Å². The molecule has 1 atom stereocenters. The van der Waals surface area contributed by atoms with Crippen LogP contribution >= 0.6 is 11.3 Å². The van der Waals surface area contributed by atoms with Gasteiger partial charge in [-0.3, -0.25) is 0 Å². The highest BCUT2D eigenvalue weighted by molar-refractivity contribution is 7.10. The van der Waals surface area contributed by atoms with E-state index in [1.165, 1.54) is 6.33 Å². The molecule has 20 heavy (non-hydrogen) atoms. The van der Waals surface area contributed by atoms with Crippen molar-refractivity contribution in [2.75, 3.05) is 11.9 Å². The van der Waals surface area contributed by atoms with Gasteiger partial charge in [-0.2, -0.15) is 10.1 Å². The maximum absolute atomic E-state index is 12.3. The Balaban J connectivity index is 2.10. The second-order valence-electron chi connectivity index (χ2n) is 4.31. The van der Waals surface area contributed by atoms with E-state index in [0.717, 1.165) is 10.6 Å². The lowest BCUT2D eigenvalue weighted by Crippen LogP contribution is -2.28. The maximum Gasteiger partial charge on any atom is 0.338 e. The number of allylic oxidation sites excluding steroid dienone is 1. The second-order valence-corrected chi connectivity index (χ2v) is 5.29. The molecule has 0 radical (unpaired) electrons. The van der Waals surface area contributed by atoms with Gasteiger partial charge in [0.2, 0.25) is 5.95 Å². The molecule has 1 N–H and O–H groups in total. The van der Waals surface area contributed by atoms with Gasteiger partial charge in [0.25, 0.3) is 0 Å². The van der Waals surface area contributed by atoms with E-state index in [4.69, 9.17) is 4.74 Å². The van der Waals surface area contributed by atoms with E-state index in [0.29, 0.717) is 18.1 Å². The molecule has 3 heterocycles. The van der Waals surface area contributed by atoms with Gasteiger partial charge in [-0.05, 0) is 25.3 Å². The molecule has 0 fully saturated rings. The van der Waals surface area contributed by atoms with Crippen LogP contribution in [-0.4, -0.2) is 27.3 Å². The van der Waals surface area contributed by atoms with Crippen LogP contribution in [-0.2, 0) is 9.53 Å². The van der Waals surface area contributed by atoms with E-state index in [9.17, 15) is 4.79 Å². The Kier molecular flexibility index (Phi) is 3.27. The van der Waals surface area contributed by atoms with Gasteiger partial charge >= 0.3 is 5.97 Å². The molecule has 3 rings (SSSR count). The number of nitrogens with zero attached hydrogens (tertiary/aromatic N) is 3. The first-order valence-corrected chi connectivity index (χ1v) is 7.18. The van der Waals surface area contributed by atoms with Crippen LogP contribution in [0.25, 0.3) is 5.70 Å². The molecule has 104 valence electrons. The molecule has 0 saturated carbocycles. The van der Waals surface area contributed by atoms with E-state index in [1.54, 1.807) is 22.9 Å². The van der Waals surface area contributed by atoms with Crippen LogP contribution in [0.15, 0.2) is 29.4 Å². The van der Waals surface area contributed by atoms with E-state index in [-0.39, 0.29) is 12.0 Å². The molecule has 1 unspecified atom stereocenters. The number of hydrogen-bond donors (Lipinski definition) is 1. The minimum atomic E-state index is -0.322. The predicted molar refractivity (Wildman–Crippen MR) is 76.2 cm³/mol. The molecule has 0 aliphatic carbocycles. The zero-order valence-corrected chi connectivity index (χ0v) is 12.0. The van der Waals surface area contributed by atoms with Crippen molar-refractivity contribution in [3.8, 4) is 0 Å². The standard InChI is InChI=1S/C13H14N4O2S/c1-3-19-12(18)10-8(2)17-13(14-7-15-17)16-11(10)9-5-4-6-20-9/h4-7,11H,3H2,1-2H3,(H,14,15,16). The van der Waals surface area contributed by atoms with E-state index < -0.39 is 0 Å². The summed E-state index contributed by atoms with van der Waals surface area (Å²) in [7, 11) is 0. The summed E-state index contributed by atoms with van der Waals surface area (Å²) in [5, 5.41) is 9.35. The van der Waals surface area contributed by atoms with Gasteiger partial charge in [0.05, 0.1) is 23.9 Å². The molecule has 0 bridgehead atoms. The van der Waals surface area contributed by atoms with Gasteiger partial charge in [-0.25, -0.2) is 9.48 Å². The Bertz CT molecular complexity index is 660. The molecule has 0 saturated heterocycles. The van der Waals surface area contributed by atoms with Crippen LogP contribution in [0.2, 0.25) is 0 Å². The van der Waals surface area contributed by atoms with Crippen molar-refractivity contribution >= 4 is 29.0 Å². The number of rotatable bonds is 3. The lowest BCUT2D eigenvalue weighted by atomic mass is 10.0. The lowest BCUT2D eigenvalue weighted by molar-refractivity contribution is -0.138. The van der Waals surface area contributed by atoms with Gasteiger partial charge in [0, 0.05) is 4.88 Å². The first-order valence-electron chi connectivity index (χ1n) is 6.30. The number of thiophene rings is 1. The lowest BCUT2D eigenvalue weighted by Gasteiger charge is -2.27. The van der Waals surface area contributed by atoms with Crippen molar-refractivity contribution in [1.29, 1.82) is 0 Å². The number of ether oxygens (including phenoxy) is 1. The largest absolute Gasteiger partial charge is 0.463 e. The first-order chi connectivity index (χ1) is 9.72. The topological polar surface area (TPSA) is 69.0 Å². The van der Waals surface area contributed by atoms with Gasteiger partial charge in [-0.1, -0.05) is 6.07 Å². The van der Waals surface area contributed by atoms with Gasteiger partial charge in [0.15, 0.2) is 0 Å². The van der Waals surface area contributed by atoms with Crippen LogP contribution in [0.3, 0.4) is 0 Å². The van der Waals surface area contributed by atoms with Crippen molar-refractivity contribution in [3.63, 3.8) is 0 Å². The Morgan fingerprint density at radius 1 is 1.60 bits per heavy atom.